The lowest BCUT2D eigenvalue weighted by Crippen LogP contribution is -2.51. The van der Waals surface area contributed by atoms with Gasteiger partial charge in [-0.05, 0) is 43.5 Å². The third-order valence-corrected chi connectivity index (χ3v) is 6.64. The maximum Gasteiger partial charge on any atom is 0.243 e. The van der Waals surface area contributed by atoms with Crippen molar-refractivity contribution < 1.29 is 9.59 Å². The largest absolute Gasteiger partial charge is 0.354 e. The maximum atomic E-state index is 13.6. The fourth-order valence-electron chi connectivity index (χ4n) is 3.79. The Bertz CT molecular complexity index is 1070. The van der Waals surface area contributed by atoms with Crippen molar-refractivity contribution in [3.8, 4) is 0 Å². The van der Waals surface area contributed by atoms with E-state index in [0.29, 0.717) is 19.5 Å². The number of aryl methyl sites for hydroxylation is 2. The first-order chi connectivity index (χ1) is 16.5. The Balaban J connectivity index is 1.88. The van der Waals surface area contributed by atoms with Crippen molar-refractivity contribution in [3.05, 3.63) is 101 Å². The minimum Gasteiger partial charge on any atom is -0.354 e. The molecule has 3 aromatic rings. The number of hydrogen-bond acceptors (Lipinski definition) is 3. The van der Waals surface area contributed by atoms with Crippen LogP contribution in [-0.2, 0) is 22.6 Å². The molecule has 3 rings (SSSR count). The second-order valence-corrected chi connectivity index (χ2v) is 9.66. The van der Waals surface area contributed by atoms with Gasteiger partial charge in [-0.25, -0.2) is 0 Å². The standard InChI is InChI=1S/C29H34N2O2S/c1-4-17-30-29(33)27(19-24-10-6-5-7-11-24)31(20-25-12-8-9-23(3)18-25)28(32)21-34-26-15-13-22(2)14-16-26/h5-16,18,27H,4,17,19-21H2,1-3H3,(H,30,33). The summed E-state index contributed by atoms with van der Waals surface area (Å²) in [5.74, 6) is 0.132. The number of hydrogen-bond donors (Lipinski definition) is 1. The molecule has 0 aliphatic heterocycles. The number of carbonyl (C=O) groups excluding carboxylic acids is 2. The van der Waals surface area contributed by atoms with Crippen LogP contribution in [0.15, 0.2) is 83.8 Å². The lowest BCUT2D eigenvalue weighted by Gasteiger charge is -2.31. The minimum atomic E-state index is -0.583. The van der Waals surface area contributed by atoms with E-state index in [-0.39, 0.29) is 17.6 Å². The highest BCUT2D eigenvalue weighted by molar-refractivity contribution is 8.00. The normalized spacial score (nSPS) is 11.6. The Morgan fingerprint density at radius 2 is 1.59 bits per heavy atom. The summed E-state index contributed by atoms with van der Waals surface area (Å²) in [5, 5.41) is 3.03. The van der Waals surface area contributed by atoms with Gasteiger partial charge in [-0.15, -0.1) is 11.8 Å². The molecule has 34 heavy (non-hydrogen) atoms. The topological polar surface area (TPSA) is 49.4 Å². The third-order valence-electron chi connectivity index (χ3n) is 5.64. The molecule has 0 aliphatic rings. The maximum absolute atomic E-state index is 13.6. The highest BCUT2D eigenvalue weighted by Crippen LogP contribution is 2.22. The van der Waals surface area contributed by atoms with E-state index >= 15 is 0 Å². The van der Waals surface area contributed by atoms with E-state index in [1.165, 1.54) is 17.3 Å². The molecule has 0 aromatic heterocycles. The molecule has 0 saturated carbocycles. The van der Waals surface area contributed by atoms with Crippen LogP contribution in [0.1, 0.15) is 35.6 Å². The van der Waals surface area contributed by atoms with Gasteiger partial charge < -0.3 is 10.2 Å². The number of benzene rings is 3. The highest BCUT2D eigenvalue weighted by Gasteiger charge is 2.30. The number of carbonyl (C=O) groups is 2. The Hall–Kier alpha value is -3.05. The molecule has 178 valence electrons. The molecule has 5 heteroatoms. The van der Waals surface area contributed by atoms with Crippen molar-refractivity contribution in [2.75, 3.05) is 12.3 Å². The molecule has 4 nitrogen and oxygen atoms in total. The molecule has 1 unspecified atom stereocenters. The Kier molecular flexibility index (Phi) is 9.77. The SMILES string of the molecule is CCCNC(=O)C(Cc1ccccc1)N(Cc1cccc(C)c1)C(=O)CSc1ccc(C)cc1. The predicted molar refractivity (Wildman–Crippen MR) is 141 cm³/mol. The Morgan fingerprint density at radius 1 is 0.882 bits per heavy atom. The van der Waals surface area contributed by atoms with Gasteiger partial charge in [0.05, 0.1) is 5.75 Å². The smallest absolute Gasteiger partial charge is 0.243 e. The summed E-state index contributed by atoms with van der Waals surface area (Å²) < 4.78 is 0. The highest BCUT2D eigenvalue weighted by atomic mass is 32.2. The second-order valence-electron chi connectivity index (χ2n) is 8.61. The molecule has 0 bridgehead atoms. The first kappa shape index (κ1) is 25.6. The number of thioether (sulfide) groups is 1. The zero-order valence-corrected chi connectivity index (χ0v) is 21.1. The van der Waals surface area contributed by atoms with Gasteiger partial charge in [0.25, 0.3) is 0 Å². The zero-order chi connectivity index (χ0) is 24.3. The van der Waals surface area contributed by atoms with Crippen molar-refractivity contribution in [1.29, 1.82) is 0 Å². The van der Waals surface area contributed by atoms with Gasteiger partial charge in [0.15, 0.2) is 0 Å². The minimum absolute atomic E-state index is 0.0420. The molecular weight excluding hydrogens is 440 g/mol. The number of nitrogens with one attached hydrogen (secondary N) is 1. The Morgan fingerprint density at radius 3 is 2.26 bits per heavy atom. The average Bonchev–Trinajstić information content (AvgIpc) is 2.85. The van der Waals surface area contributed by atoms with Gasteiger partial charge in [-0.2, -0.15) is 0 Å². The summed E-state index contributed by atoms with van der Waals surface area (Å²) in [5.41, 5.74) is 4.38. The zero-order valence-electron chi connectivity index (χ0n) is 20.3. The van der Waals surface area contributed by atoms with Crippen LogP contribution < -0.4 is 5.32 Å². The first-order valence-electron chi connectivity index (χ1n) is 11.8. The van der Waals surface area contributed by atoms with E-state index in [1.54, 1.807) is 4.90 Å². The quantitative estimate of drug-likeness (QED) is 0.370. The van der Waals surface area contributed by atoms with Crippen molar-refractivity contribution in [1.82, 2.24) is 10.2 Å². The van der Waals surface area contributed by atoms with Crippen molar-refractivity contribution >= 4 is 23.6 Å². The molecule has 0 saturated heterocycles. The molecule has 0 fully saturated rings. The van der Waals surface area contributed by atoms with Crippen LogP contribution in [0.3, 0.4) is 0 Å². The van der Waals surface area contributed by atoms with Crippen LogP contribution in [0.4, 0.5) is 0 Å². The van der Waals surface area contributed by atoms with E-state index in [1.807, 2.05) is 93.6 Å². The number of nitrogens with zero attached hydrogens (tertiary/aromatic N) is 1. The van der Waals surface area contributed by atoms with Crippen LogP contribution in [0.2, 0.25) is 0 Å². The van der Waals surface area contributed by atoms with Crippen molar-refractivity contribution in [2.24, 2.45) is 0 Å². The van der Waals surface area contributed by atoms with E-state index in [4.69, 9.17) is 0 Å². The lowest BCUT2D eigenvalue weighted by atomic mass is 10.0. The van der Waals surface area contributed by atoms with Gasteiger partial charge in [0, 0.05) is 24.4 Å². The van der Waals surface area contributed by atoms with E-state index < -0.39 is 6.04 Å². The van der Waals surface area contributed by atoms with Crippen molar-refractivity contribution in [2.45, 2.75) is 51.1 Å². The van der Waals surface area contributed by atoms with Gasteiger partial charge in [0.2, 0.25) is 11.8 Å². The van der Waals surface area contributed by atoms with Gasteiger partial charge in [0.1, 0.15) is 6.04 Å². The molecule has 0 radical (unpaired) electrons. The van der Waals surface area contributed by atoms with Gasteiger partial charge in [-0.1, -0.05) is 84.8 Å². The summed E-state index contributed by atoms with van der Waals surface area (Å²) in [7, 11) is 0. The molecule has 1 N–H and O–H groups in total. The molecule has 0 heterocycles. The van der Waals surface area contributed by atoms with Crippen LogP contribution in [0.25, 0.3) is 0 Å². The average molecular weight is 475 g/mol. The van der Waals surface area contributed by atoms with E-state index in [0.717, 1.165) is 28.0 Å². The molecule has 2 amide bonds. The predicted octanol–water partition coefficient (Wildman–Crippen LogP) is 5.56. The summed E-state index contributed by atoms with van der Waals surface area (Å²) in [6.07, 6.45) is 1.32. The summed E-state index contributed by atoms with van der Waals surface area (Å²) >= 11 is 1.51. The molecule has 0 spiro atoms. The first-order valence-corrected chi connectivity index (χ1v) is 12.8. The molecule has 0 aliphatic carbocycles. The number of rotatable bonds is 11. The van der Waals surface area contributed by atoms with Gasteiger partial charge in [-0.3, -0.25) is 9.59 Å². The van der Waals surface area contributed by atoms with Crippen LogP contribution in [-0.4, -0.2) is 35.1 Å². The van der Waals surface area contributed by atoms with E-state index in [2.05, 4.69) is 11.4 Å². The van der Waals surface area contributed by atoms with Crippen molar-refractivity contribution in [3.63, 3.8) is 0 Å². The molecule has 1 atom stereocenters. The molecular formula is C29H34N2O2S. The van der Waals surface area contributed by atoms with Gasteiger partial charge >= 0.3 is 0 Å². The number of amides is 2. The summed E-state index contributed by atoms with van der Waals surface area (Å²) in [4.78, 5) is 29.7. The van der Waals surface area contributed by atoms with Crippen LogP contribution in [0.5, 0.6) is 0 Å². The summed E-state index contributed by atoms with van der Waals surface area (Å²) in [6, 6.07) is 25.6. The monoisotopic (exact) mass is 474 g/mol. The fourth-order valence-corrected chi connectivity index (χ4v) is 4.57. The second kappa shape index (κ2) is 13.0. The lowest BCUT2D eigenvalue weighted by molar-refractivity contribution is -0.139. The van der Waals surface area contributed by atoms with Crippen LogP contribution in [0, 0.1) is 13.8 Å². The van der Waals surface area contributed by atoms with Crippen LogP contribution >= 0.6 is 11.8 Å². The third kappa shape index (κ3) is 7.77. The Labute approximate surface area is 207 Å². The fraction of sp³-hybridized carbons (Fsp3) is 0.310. The molecule has 3 aromatic carbocycles. The van der Waals surface area contributed by atoms with E-state index in [9.17, 15) is 9.59 Å². The summed E-state index contributed by atoms with van der Waals surface area (Å²) in [6.45, 7) is 7.10.